The first-order valence-electron chi connectivity index (χ1n) is 23.0. The Labute approximate surface area is 385 Å². The molecule has 0 radical (unpaired) electrons. The highest BCUT2D eigenvalue weighted by molar-refractivity contribution is 6.06. The molecule has 0 atom stereocenters. The van der Waals surface area contributed by atoms with Gasteiger partial charge in [-0.1, -0.05) is 220 Å². The van der Waals surface area contributed by atoms with Gasteiger partial charge in [-0.15, -0.1) is 0 Å². The maximum Gasteiger partial charge on any atom is 0.160 e. The molecule has 2 aliphatic carbocycles. The van der Waals surface area contributed by atoms with E-state index in [1.807, 2.05) is 0 Å². The molecule has 0 N–H and O–H groups in total. The number of aromatic nitrogens is 2. The number of benzene rings is 10. The number of nitrogens with zero attached hydrogens (tertiary/aromatic N) is 2. The first-order valence-corrected chi connectivity index (χ1v) is 23.0. The van der Waals surface area contributed by atoms with E-state index in [4.69, 9.17) is 9.97 Å². The van der Waals surface area contributed by atoms with Gasteiger partial charge in [-0.2, -0.15) is 0 Å². The molecule has 2 heteroatoms. The fraction of sp³-hybridized carbons (Fsp3) is 0.0625. The predicted molar refractivity (Wildman–Crippen MR) is 274 cm³/mol. The summed E-state index contributed by atoms with van der Waals surface area (Å²) in [4.78, 5) is 10.8. The lowest BCUT2D eigenvalue weighted by Crippen LogP contribution is -2.28. The van der Waals surface area contributed by atoms with E-state index in [1.165, 1.54) is 82.9 Å². The van der Waals surface area contributed by atoms with Gasteiger partial charge in [0.2, 0.25) is 0 Å². The van der Waals surface area contributed by atoms with Crippen LogP contribution in [0, 0.1) is 0 Å². The number of fused-ring (bicyclic) bond motifs is 8. The van der Waals surface area contributed by atoms with Crippen LogP contribution in [0.15, 0.2) is 231 Å². The summed E-state index contributed by atoms with van der Waals surface area (Å²) in [6, 6.07) is 84.4. The zero-order chi connectivity index (χ0) is 44.0. The molecule has 66 heavy (non-hydrogen) atoms. The van der Waals surface area contributed by atoms with Gasteiger partial charge in [0.15, 0.2) is 5.82 Å². The molecule has 0 fully saturated rings. The van der Waals surface area contributed by atoms with E-state index in [1.54, 1.807) is 0 Å². The van der Waals surface area contributed by atoms with Gasteiger partial charge in [-0.05, 0) is 113 Å². The molecule has 0 amide bonds. The van der Waals surface area contributed by atoms with Gasteiger partial charge in [0.25, 0.3) is 0 Å². The van der Waals surface area contributed by atoms with Crippen LogP contribution in [-0.4, -0.2) is 9.97 Å². The SMILES string of the molecule is CC1(C)c2cc3ccccc3cc2-c2c(-c3cc(-c4ccc(-c5ccc6c(c5)-c5ccccc5C6(c5ccccc5)c5ccccc5)c5ccccc45)nc(-c4ccccc4)n3)cccc21. The Balaban J connectivity index is 0.995. The standard InChI is InChI=1S/C64H44N2/c1-63(2)57-32-18-30-52(61(57)54-37-42-21-12-13-22-43(42)39-58(54)63)60-40-59(65-62(66-60)41-19-6-3-7-20-41)51-35-34-47(48-27-14-15-28-49(48)51)44-33-36-56-53(38-44)50-29-16-17-31-55(50)64(56,45-23-8-4-9-24-45)46-25-10-5-11-26-46/h3-40H,1-2H3. The van der Waals surface area contributed by atoms with E-state index in [-0.39, 0.29) is 5.41 Å². The normalized spacial score (nSPS) is 13.8. The topological polar surface area (TPSA) is 25.8 Å². The Hall–Kier alpha value is -8.20. The van der Waals surface area contributed by atoms with Crippen LogP contribution in [0.25, 0.3) is 88.8 Å². The van der Waals surface area contributed by atoms with E-state index < -0.39 is 5.41 Å². The van der Waals surface area contributed by atoms with Crippen molar-refractivity contribution < 1.29 is 0 Å². The predicted octanol–water partition coefficient (Wildman–Crippen LogP) is 16.1. The summed E-state index contributed by atoms with van der Waals surface area (Å²) >= 11 is 0. The molecule has 0 spiro atoms. The molecule has 2 nitrogen and oxygen atoms in total. The highest BCUT2D eigenvalue weighted by atomic mass is 14.9. The summed E-state index contributed by atoms with van der Waals surface area (Å²) in [5.74, 6) is 0.711. The zero-order valence-corrected chi connectivity index (χ0v) is 36.8. The van der Waals surface area contributed by atoms with Gasteiger partial charge in [-0.25, -0.2) is 9.97 Å². The number of rotatable bonds is 6. The molecular formula is C64H44N2. The molecule has 13 rings (SSSR count). The van der Waals surface area contributed by atoms with Gasteiger partial charge in [0.05, 0.1) is 16.8 Å². The average Bonchev–Trinajstić information content (AvgIpc) is 3.80. The third-order valence-corrected chi connectivity index (χ3v) is 14.6. The highest BCUT2D eigenvalue weighted by Crippen LogP contribution is 2.57. The summed E-state index contributed by atoms with van der Waals surface area (Å²) in [5.41, 5.74) is 19.7. The second-order valence-corrected chi connectivity index (χ2v) is 18.4. The number of hydrogen-bond acceptors (Lipinski definition) is 2. The van der Waals surface area contributed by atoms with Crippen LogP contribution < -0.4 is 0 Å². The minimum Gasteiger partial charge on any atom is -0.228 e. The molecule has 0 unspecified atom stereocenters. The van der Waals surface area contributed by atoms with Crippen molar-refractivity contribution in [1.29, 1.82) is 0 Å². The third-order valence-electron chi connectivity index (χ3n) is 14.6. The summed E-state index contributed by atoms with van der Waals surface area (Å²) in [5, 5.41) is 4.85. The maximum atomic E-state index is 5.40. The Bertz CT molecular complexity index is 3680. The Morgan fingerprint density at radius 1 is 0.318 bits per heavy atom. The van der Waals surface area contributed by atoms with Gasteiger partial charge < -0.3 is 0 Å². The lowest BCUT2D eigenvalue weighted by atomic mass is 9.67. The molecule has 0 saturated heterocycles. The molecule has 1 aromatic heterocycles. The van der Waals surface area contributed by atoms with Crippen LogP contribution in [0.1, 0.15) is 47.2 Å². The lowest BCUT2D eigenvalue weighted by molar-refractivity contribution is 0.661. The van der Waals surface area contributed by atoms with Crippen LogP contribution in [-0.2, 0) is 10.8 Å². The van der Waals surface area contributed by atoms with Crippen molar-refractivity contribution in [2.24, 2.45) is 0 Å². The van der Waals surface area contributed by atoms with Crippen molar-refractivity contribution in [2.45, 2.75) is 24.7 Å². The number of hydrogen-bond donors (Lipinski definition) is 0. The average molecular weight is 841 g/mol. The molecule has 0 bridgehead atoms. The first kappa shape index (κ1) is 38.3. The van der Waals surface area contributed by atoms with Crippen LogP contribution in [0.5, 0.6) is 0 Å². The van der Waals surface area contributed by atoms with E-state index in [2.05, 4.69) is 244 Å². The zero-order valence-electron chi connectivity index (χ0n) is 36.8. The van der Waals surface area contributed by atoms with Gasteiger partial charge in [0.1, 0.15) is 0 Å². The Kier molecular flexibility index (Phi) is 8.51. The Morgan fingerprint density at radius 2 is 0.864 bits per heavy atom. The van der Waals surface area contributed by atoms with Crippen molar-refractivity contribution in [2.75, 3.05) is 0 Å². The second-order valence-electron chi connectivity index (χ2n) is 18.4. The minimum absolute atomic E-state index is 0.168. The fourth-order valence-corrected chi connectivity index (χ4v) is 11.5. The van der Waals surface area contributed by atoms with Gasteiger partial charge in [0, 0.05) is 22.1 Å². The van der Waals surface area contributed by atoms with Gasteiger partial charge >= 0.3 is 0 Å². The first-order chi connectivity index (χ1) is 32.5. The summed E-state index contributed by atoms with van der Waals surface area (Å²) in [6.07, 6.45) is 0. The van der Waals surface area contributed by atoms with Crippen LogP contribution in [0.2, 0.25) is 0 Å². The molecule has 1 heterocycles. The quantitative estimate of drug-likeness (QED) is 0.167. The van der Waals surface area contributed by atoms with Crippen molar-refractivity contribution in [3.8, 4) is 67.3 Å². The Morgan fingerprint density at radius 3 is 1.59 bits per heavy atom. The summed E-state index contributed by atoms with van der Waals surface area (Å²) < 4.78 is 0. The smallest absolute Gasteiger partial charge is 0.160 e. The van der Waals surface area contributed by atoms with E-state index in [9.17, 15) is 0 Å². The molecule has 0 saturated carbocycles. The molecule has 10 aromatic carbocycles. The van der Waals surface area contributed by atoms with Crippen molar-refractivity contribution >= 4 is 21.5 Å². The van der Waals surface area contributed by atoms with Crippen LogP contribution >= 0.6 is 0 Å². The summed E-state index contributed by atoms with van der Waals surface area (Å²) in [7, 11) is 0. The monoisotopic (exact) mass is 840 g/mol. The minimum atomic E-state index is -0.440. The maximum absolute atomic E-state index is 5.40. The third kappa shape index (κ3) is 5.61. The molecule has 0 aliphatic heterocycles. The van der Waals surface area contributed by atoms with Gasteiger partial charge in [-0.3, -0.25) is 0 Å². The van der Waals surface area contributed by atoms with Crippen molar-refractivity contribution in [3.63, 3.8) is 0 Å². The fourth-order valence-electron chi connectivity index (χ4n) is 11.5. The largest absolute Gasteiger partial charge is 0.228 e. The van der Waals surface area contributed by atoms with E-state index in [0.717, 1.165) is 33.5 Å². The second kappa shape index (κ2) is 14.7. The molecular weight excluding hydrogens is 797 g/mol. The molecule has 11 aromatic rings. The summed E-state index contributed by atoms with van der Waals surface area (Å²) in [6.45, 7) is 4.71. The van der Waals surface area contributed by atoms with Crippen LogP contribution in [0.4, 0.5) is 0 Å². The van der Waals surface area contributed by atoms with Crippen molar-refractivity contribution in [1.82, 2.24) is 9.97 Å². The molecule has 310 valence electrons. The van der Waals surface area contributed by atoms with Crippen LogP contribution in [0.3, 0.4) is 0 Å². The van der Waals surface area contributed by atoms with Crippen molar-refractivity contribution in [3.05, 3.63) is 264 Å². The highest BCUT2D eigenvalue weighted by Gasteiger charge is 2.46. The molecule has 2 aliphatic rings. The van der Waals surface area contributed by atoms with E-state index in [0.29, 0.717) is 5.82 Å². The van der Waals surface area contributed by atoms with E-state index >= 15 is 0 Å². The lowest BCUT2D eigenvalue weighted by Gasteiger charge is -2.33.